The van der Waals surface area contributed by atoms with Crippen LogP contribution < -0.4 is 4.74 Å². The number of hydrogen-bond acceptors (Lipinski definition) is 5. The lowest BCUT2D eigenvalue weighted by Crippen LogP contribution is -2.47. The molecule has 0 radical (unpaired) electrons. The Morgan fingerprint density at radius 2 is 2.33 bits per heavy atom. The number of carbonyl (C=O) groups is 1. The molecular weight excluding hydrogens is 288 g/mol. The van der Waals surface area contributed by atoms with E-state index in [9.17, 15) is 9.90 Å². The number of hydrogen-bond donors (Lipinski definition) is 1. The summed E-state index contributed by atoms with van der Waals surface area (Å²) < 4.78 is 5.04. The summed E-state index contributed by atoms with van der Waals surface area (Å²) in [7, 11) is 1.51. The first-order valence-corrected chi connectivity index (χ1v) is 7.56. The van der Waals surface area contributed by atoms with Crippen LogP contribution >= 0.6 is 11.3 Å². The second-order valence-corrected chi connectivity index (χ2v) is 5.95. The summed E-state index contributed by atoms with van der Waals surface area (Å²) in [5.74, 6) is 0.639. The summed E-state index contributed by atoms with van der Waals surface area (Å²) in [6, 6.07) is 5.23. The Balaban J connectivity index is 1.85. The van der Waals surface area contributed by atoms with Crippen LogP contribution in [0, 0.1) is 0 Å². The fourth-order valence-corrected chi connectivity index (χ4v) is 3.39. The molecule has 2 aromatic rings. The molecular formula is C15H16N2O3S. The van der Waals surface area contributed by atoms with Crippen LogP contribution in [-0.2, 0) is 4.79 Å². The number of amides is 1. The maximum Gasteiger partial charge on any atom is 0.226 e. The van der Waals surface area contributed by atoms with E-state index in [1.807, 2.05) is 24.1 Å². The summed E-state index contributed by atoms with van der Waals surface area (Å²) in [4.78, 5) is 19.0. The Labute approximate surface area is 126 Å². The second kappa shape index (κ2) is 5.37. The Bertz CT molecular complexity index is 657. The molecule has 3 rings (SSSR count). The predicted molar refractivity (Wildman–Crippen MR) is 79.4 cm³/mol. The smallest absolute Gasteiger partial charge is 0.226 e. The molecule has 2 atom stereocenters. The van der Waals surface area contributed by atoms with E-state index < -0.39 is 0 Å². The van der Waals surface area contributed by atoms with Gasteiger partial charge in [-0.3, -0.25) is 9.78 Å². The van der Waals surface area contributed by atoms with E-state index in [1.54, 1.807) is 29.0 Å². The zero-order valence-electron chi connectivity index (χ0n) is 11.8. The lowest BCUT2D eigenvalue weighted by molar-refractivity contribution is -0.150. The normalized spacial score (nSPS) is 19.2. The predicted octanol–water partition coefficient (Wildman–Crippen LogP) is 2.89. The molecule has 1 N–H and O–H groups in total. The van der Waals surface area contributed by atoms with Gasteiger partial charge in [0.05, 0.1) is 31.1 Å². The van der Waals surface area contributed by atoms with Crippen LogP contribution in [0.15, 0.2) is 29.9 Å². The molecule has 110 valence electrons. The fraction of sp³-hybridized carbons (Fsp3) is 0.333. The Kier molecular flexibility index (Phi) is 3.55. The van der Waals surface area contributed by atoms with Crippen molar-refractivity contribution in [2.75, 3.05) is 7.11 Å². The molecule has 1 fully saturated rings. The number of phenolic OH excluding ortho intramolecular Hbond substituents is 1. The lowest BCUT2D eigenvalue weighted by Gasteiger charge is -2.44. The van der Waals surface area contributed by atoms with Crippen molar-refractivity contribution in [3.8, 4) is 11.5 Å². The molecule has 1 aliphatic heterocycles. The fourth-order valence-electron chi connectivity index (χ4n) is 2.67. The third kappa shape index (κ3) is 2.35. The van der Waals surface area contributed by atoms with E-state index in [0.717, 1.165) is 10.4 Å². The van der Waals surface area contributed by atoms with Gasteiger partial charge in [-0.05, 0) is 24.6 Å². The van der Waals surface area contributed by atoms with Crippen LogP contribution in [0.2, 0.25) is 0 Å². The van der Waals surface area contributed by atoms with Crippen LogP contribution in [0.3, 0.4) is 0 Å². The number of likely N-dealkylation sites (tertiary alicyclic amines) is 1. The van der Waals surface area contributed by atoms with E-state index in [4.69, 9.17) is 4.74 Å². The zero-order valence-corrected chi connectivity index (χ0v) is 12.6. The SMILES string of the molecule is COc1ccc(C(C)N2C(=O)CC2c2cncs2)cc1O. The van der Waals surface area contributed by atoms with Gasteiger partial charge >= 0.3 is 0 Å². The minimum atomic E-state index is -0.102. The maximum absolute atomic E-state index is 12.0. The number of β-lactam (4-membered cyclic amide) rings is 1. The van der Waals surface area contributed by atoms with Gasteiger partial charge in [0.1, 0.15) is 0 Å². The topological polar surface area (TPSA) is 62.7 Å². The number of phenols is 1. The largest absolute Gasteiger partial charge is 0.504 e. The third-order valence-corrected chi connectivity index (χ3v) is 4.75. The molecule has 0 aliphatic carbocycles. The quantitative estimate of drug-likeness (QED) is 0.882. The third-order valence-electron chi connectivity index (χ3n) is 3.87. The Hall–Kier alpha value is -2.08. The number of aromatic nitrogens is 1. The molecule has 21 heavy (non-hydrogen) atoms. The molecule has 1 saturated heterocycles. The number of rotatable bonds is 4. The summed E-state index contributed by atoms with van der Waals surface area (Å²) in [5, 5.41) is 9.89. The monoisotopic (exact) mass is 304 g/mol. The molecule has 2 heterocycles. The summed E-state index contributed by atoms with van der Waals surface area (Å²) in [6.45, 7) is 1.96. The number of aromatic hydroxyl groups is 1. The number of thiazole rings is 1. The number of methoxy groups -OCH3 is 1. The van der Waals surface area contributed by atoms with Gasteiger partial charge in [-0.15, -0.1) is 11.3 Å². The van der Waals surface area contributed by atoms with Gasteiger partial charge in [0.25, 0.3) is 0 Å². The van der Waals surface area contributed by atoms with E-state index in [-0.39, 0.29) is 23.7 Å². The highest BCUT2D eigenvalue weighted by molar-refractivity contribution is 7.09. The Morgan fingerprint density at radius 1 is 1.52 bits per heavy atom. The number of benzene rings is 1. The van der Waals surface area contributed by atoms with Crippen LogP contribution in [-0.4, -0.2) is 28.0 Å². The van der Waals surface area contributed by atoms with Crippen molar-refractivity contribution in [3.63, 3.8) is 0 Å². The summed E-state index contributed by atoms with van der Waals surface area (Å²) >= 11 is 1.56. The first kappa shape index (κ1) is 13.9. The van der Waals surface area contributed by atoms with Crippen molar-refractivity contribution >= 4 is 17.2 Å². The minimum Gasteiger partial charge on any atom is -0.504 e. The lowest BCUT2D eigenvalue weighted by atomic mass is 9.94. The van der Waals surface area contributed by atoms with E-state index >= 15 is 0 Å². The Morgan fingerprint density at radius 3 is 2.90 bits per heavy atom. The number of carbonyl (C=O) groups excluding carboxylic acids is 1. The first-order valence-electron chi connectivity index (χ1n) is 6.68. The van der Waals surface area contributed by atoms with Crippen LogP contribution in [0.5, 0.6) is 11.5 Å². The van der Waals surface area contributed by atoms with Gasteiger partial charge in [-0.1, -0.05) is 6.07 Å². The molecule has 1 aromatic carbocycles. The van der Waals surface area contributed by atoms with Crippen molar-refractivity contribution < 1.29 is 14.6 Å². The summed E-state index contributed by atoms with van der Waals surface area (Å²) in [5.41, 5.74) is 2.66. The van der Waals surface area contributed by atoms with Gasteiger partial charge in [0.15, 0.2) is 11.5 Å². The molecule has 1 aliphatic rings. The van der Waals surface area contributed by atoms with Crippen molar-refractivity contribution in [2.24, 2.45) is 0 Å². The van der Waals surface area contributed by atoms with E-state index in [0.29, 0.717) is 12.2 Å². The van der Waals surface area contributed by atoms with Crippen LogP contribution in [0.1, 0.15) is 35.9 Å². The van der Waals surface area contributed by atoms with Gasteiger partial charge in [-0.2, -0.15) is 0 Å². The van der Waals surface area contributed by atoms with Gasteiger partial charge in [-0.25, -0.2) is 0 Å². The highest BCUT2D eigenvalue weighted by Gasteiger charge is 2.41. The number of ether oxygens (including phenoxy) is 1. The molecule has 0 saturated carbocycles. The standard InChI is InChI=1S/C15H16N2O3S/c1-9(10-3-4-13(20-2)12(18)5-10)17-11(6-15(17)19)14-7-16-8-21-14/h3-5,7-9,11,18H,6H2,1-2H3. The van der Waals surface area contributed by atoms with Crippen molar-refractivity contribution in [1.29, 1.82) is 0 Å². The molecule has 5 nitrogen and oxygen atoms in total. The summed E-state index contributed by atoms with van der Waals surface area (Å²) in [6.07, 6.45) is 2.33. The molecule has 1 amide bonds. The molecule has 1 aromatic heterocycles. The highest BCUT2D eigenvalue weighted by atomic mass is 32.1. The van der Waals surface area contributed by atoms with Gasteiger partial charge in [0, 0.05) is 11.1 Å². The maximum atomic E-state index is 12.0. The average Bonchev–Trinajstić information content (AvgIpc) is 2.98. The highest BCUT2D eigenvalue weighted by Crippen LogP contribution is 2.43. The average molecular weight is 304 g/mol. The van der Waals surface area contributed by atoms with E-state index in [2.05, 4.69) is 4.98 Å². The molecule has 0 bridgehead atoms. The first-order chi connectivity index (χ1) is 10.1. The van der Waals surface area contributed by atoms with Crippen LogP contribution in [0.4, 0.5) is 0 Å². The van der Waals surface area contributed by atoms with Crippen LogP contribution in [0.25, 0.3) is 0 Å². The van der Waals surface area contributed by atoms with Crippen molar-refractivity contribution in [3.05, 3.63) is 40.3 Å². The molecule has 0 spiro atoms. The molecule has 2 unspecified atom stereocenters. The van der Waals surface area contributed by atoms with Gasteiger partial charge < -0.3 is 14.7 Å². The number of nitrogens with zero attached hydrogens (tertiary/aromatic N) is 2. The molecule has 6 heteroatoms. The van der Waals surface area contributed by atoms with E-state index in [1.165, 1.54) is 7.11 Å². The zero-order chi connectivity index (χ0) is 15.0. The van der Waals surface area contributed by atoms with Gasteiger partial charge in [0.2, 0.25) is 5.91 Å². The van der Waals surface area contributed by atoms with Crippen molar-refractivity contribution in [1.82, 2.24) is 9.88 Å². The minimum absolute atomic E-state index is 0.0872. The van der Waals surface area contributed by atoms with Crippen molar-refractivity contribution in [2.45, 2.75) is 25.4 Å². The second-order valence-electron chi connectivity index (χ2n) is 5.03.